The van der Waals surface area contributed by atoms with Crippen molar-refractivity contribution in [3.63, 3.8) is 0 Å². The summed E-state index contributed by atoms with van der Waals surface area (Å²) in [5, 5.41) is 6.97. The molecule has 0 radical (unpaired) electrons. The summed E-state index contributed by atoms with van der Waals surface area (Å²) in [4.78, 5) is 26.7. The summed E-state index contributed by atoms with van der Waals surface area (Å²) in [7, 11) is 0. The number of nitrogens with one attached hydrogen (secondary N) is 1. The molecule has 166 valence electrons. The number of anilines is 1. The number of piperidine rings is 1. The van der Waals surface area contributed by atoms with Crippen LogP contribution in [0.25, 0.3) is 0 Å². The van der Waals surface area contributed by atoms with E-state index in [1.807, 2.05) is 11.8 Å². The summed E-state index contributed by atoms with van der Waals surface area (Å²) in [6.07, 6.45) is -1.17. The van der Waals surface area contributed by atoms with Crippen LogP contribution in [0.5, 0.6) is 0 Å². The standard InChI is InChI=1S/C20H27F3N4O3/c1-3-30-19(29)14-9-24-27-16(20(21,22)23)8-15(25-17(14)27)12-5-4-6-26(10-12)18(28)13-7-11(13)2/h9,11-13,15-16,25H,3-8,10H2,1-2H3/t11-,12-,13+,15-,16+/m0/s1. The number of carbonyl (C=O) groups is 2. The van der Waals surface area contributed by atoms with Gasteiger partial charge in [0.25, 0.3) is 0 Å². The highest BCUT2D eigenvalue weighted by molar-refractivity contribution is 5.94. The lowest BCUT2D eigenvalue weighted by Gasteiger charge is -2.41. The van der Waals surface area contributed by atoms with Crippen LogP contribution in [0.2, 0.25) is 0 Å². The number of ether oxygens (including phenoxy) is 1. The van der Waals surface area contributed by atoms with E-state index in [1.54, 1.807) is 6.92 Å². The van der Waals surface area contributed by atoms with Gasteiger partial charge in [-0.25, -0.2) is 9.48 Å². The zero-order chi connectivity index (χ0) is 21.6. The molecule has 3 aliphatic rings. The number of carbonyl (C=O) groups excluding carboxylic acids is 2. The van der Waals surface area contributed by atoms with Crippen molar-refractivity contribution < 1.29 is 27.5 Å². The van der Waals surface area contributed by atoms with Crippen LogP contribution in [0, 0.1) is 17.8 Å². The monoisotopic (exact) mass is 428 g/mol. The van der Waals surface area contributed by atoms with Crippen molar-refractivity contribution in [3.8, 4) is 0 Å². The quantitative estimate of drug-likeness (QED) is 0.745. The number of amides is 1. The summed E-state index contributed by atoms with van der Waals surface area (Å²) in [5.74, 6) is -0.208. The minimum atomic E-state index is -4.50. The van der Waals surface area contributed by atoms with Gasteiger partial charge in [-0.05, 0) is 44.4 Å². The second-order valence-electron chi connectivity index (χ2n) is 8.62. The van der Waals surface area contributed by atoms with E-state index in [4.69, 9.17) is 4.74 Å². The van der Waals surface area contributed by atoms with Crippen molar-refractivity contribution in [1.29, 1.82) is 0 Å². The number of rotatable bonds is 4. The third kappa shape index (κ3) is 3.88. The first-order chi connectivity index (χ1) is 14.2. The number of hydrogen-bond acceptors (Lipinski definition) is 5. The van der Waals surface area contributed by atoms with Crippen molar-refractivity contribution in [2.45, 2.75) is 57.8 Å². The van der Waals surface area contributed by atoms with Gasteiger partial charge in [0.2, 0.25) is 5.91 Å². The molecular weight excluding hydrogens is 401 g/mol. The molecule has 1 aromatic rings. The van der Waals surface area contributed by atoms with Gasteiger partial charge >= 0.3 is 12.1 Å². The lowest BCUT2D eigenvalue weighted by atomic mass is 9.85. The van der Waals surface area contributed by atoms with Crippen molar-refractivity contribution in [2.75, 3.05) is 25.0 Å². The largest absolute Gasteiger partial charge is 0.462 e. The molecule has 2 aliphatic heterocycles. The molecule has 0 bridgehead atoms. The Morgan fingerprint density at radius 3 is 2.70 bits per heavy atom. The fourth-order valence-corrected chi connectivity index (χ4v) is 4.70. The minimum absolute atomic E-state index is 0.00588. The van der Waals surface area contributed by atoms with Crippen LogP contribution < -0.4 is 5.32 Å². The van der Waals surface area contributed by atoms with Crippen molar-refractivity contribution >= 4 is 17.7 Å². The Balaban J connectivity index is 1.57. The first kappa shape index (κ1) is 21.0. The Labute approximate surface area is 172 Å². The molecule has 0 unspecified atom stereocenters. The molecule has 10 heteroatoms. The smallest absolute Gasteiger partial charge is 0.410 e. The number of alkyl halides is 3. The Kier molecular flexibility index (Phi) is 5.44. The van der Waals surface area contributed by atoms with Crippen LogP contribution in [0.4, 0.5) is 19.0 Å². The molecule has 3 heterocycles. The average molecular weight is 428 g/mol. The highest BCUT2D eigenvalue weighted by Gasteiger charge is 2.49. The van der Waals surface area contributed by atoms with Gasteiger partial charge in [0.1, 0.15) is 11.4 Å². The molecule has 5 atom stereocenters. The van der Waals surface area contributed by atoms with Crippen LogP contribution in [0.1, 0.15) is 55.9 Å². The SMILES string of the molecule is CCOC(=O)c1cnn2c1N[C@H]([C@H]1CCCN(C(=O)[C@@H]3C[C@@H]3C)C1)C[C@@H]2C(F)(F)F. The van der Waals surface area contributed by atoms with Gasteiger partial charge in [-0.2, -0.15) is 18.3 Å². The van der Waals surface area contributed by atoms with Gasteiger partial charge in [0, 0.05) is 25.0 Å². The maximum Gasteiger partial charge on any atom is 0.410 e. The molecule has 0 aromatic carbocycles. The fourth-order valence-electron chi connectivity index (χ4n) is 4.70. The van der Waals surface area contributed by atoms with E-state index in [9.17, 15) is 22.8 Å². The Bertz CT molecular complexity index is 825. The van der Waals surface area contributed by atoms with E-state index in [0.29, 0.717) is 19.0 Å². The molecule has 0 spiro atoms. The van der Waals surface area contributed by atoms with Crippen LogP contribution in [0.3, 0.4) is 0 Å². The molecule has 1 aliphatic carbocycles. The summed E-state index contributed by atoms with van der Waals surface area (Å²) in [6, 6.07) is -2.34. The molecule has 4 rings (SSSR count). The number of esters is 1. The number of fused-ring (bicyclic) bond motifs is 1. The number of aromatic nitrogens is 2. The van der Waals surface area contributed by atoms with Crippen LogP contribution >= 0.6 is 0 Å². The average Bonchev–Trinajstić information content (AvgIpc) is 3.28. The Hall–Kier alpha value is -2.26. The fraction of sp³-hybridized carbons (Fsp3) is 0.750. The van der Waals surface area contributed by atoms with Crippen LogP contribution in [-0.2, 0) is 9.53 Å². The second-order valence-corrected chi connectivity index (χ2v) is 8.62. The minimum Gasteiger partial charge on any atom is -0.462 e. The number of likely N-dealkylation sites (tertiary alicyclic amines) is 1. The Morgan fingerprint density at radius 2 is 2.07 bits per heavy atom. The third-order valence-electron chi connectivity index (χ3n) is 6.53. The van der Waals surface area contributed by atoms with E-state index in [2.05, 4.69) is 10.4 Å². The number of nitrogens with zero attached hydrogens (tertiary/aromatic N) is 3. The van der Waals surface area contributed by atoms with Crippen molar-refractivity contribution in [3.05, 3.63) is 11.8 Å². The van der Waals surface area contributed by atoms with Crippen LogP contribution in [0.15, 0.2) is 6.20 Å². The maximum atomic E-state index is 13.8. The van der Waals surface area contributed by atoms with Gasteiger partial charge in [-0.15, -0.1) is 0 Å². The molecule has 1 saturated carbocycles. The maximum absolute atomic E-state index is 13.8. The molecule has 1 saturated heterocycles. The topological polar surface area (TPSA) is 76.5 Å². The van der Waals surface area contributed by atoms with Crippen molar-refractivity contribution in [2.24, 2.45) is 17.8 Å². The normalized spacial score (nSPS) is 31.0. The molecule has 30 heavy (non-hydrogen) atoms. The summed E-state index contributed by atoms with van der Waals surface area (Å²) < 4.78 is 47.3. The van der Waals surface area contributed by atoms with E-state index < -0.39 is 24.2 Å². The third-order valence-corrected chi connectivity index (χ3v) is 6.53. The van der Waals surface area contributed by atoms with Gasteiger partial charge in [0.15, 0.2) is 6.04 Å². The molecule has 2 fully saturated rings. The summed E-state index contributed by atoms with van der Waals surface area (Å²) in [6.45, 7) is 4.89. The first-order valence-corrected chi connectivity index (χ1v) is 10.6. The van der Waals surface area contributed by atoms with Gasteiger partial charge in [0.05, 0.1) is 12.8 Å². The molecule has 1 aromatic heterocycles. The lowest BCUT2D eigenvalue weighted by Crippen LogP contribution is -2.49. The van der Waals surface area contributed by atoms with Gasteiger partial charge in [-0.1, -0.05) is 6.92 Å². The number of halogens is 3. The van der Waals surface area contributed by atoms with Crippen molar-refractivity contribution in [1.82, 2.24) is 14.7 Å². The molecular formula is C20H27F3N4O3. The van der Waals surface area contributed by atoms with Crippen LogP contribution in [-0.4, -0.2) is 58.5 Å². The predicted octanol–water partition coefficient (Wildman–Crippen LogP) is 3.24. The second kappa shape index (κ2) is 7.77. The Morgan fingerprint density at radius 1 is 1.33 bits per heavy atom. The van der Waals surface area contributed by atoms with Gasteiger partial charge in [-0.3, -0.25) is 4.79 Å². The van der Waals surface area contributed by atoms with E-state index in [1.165, 1.54) is 0 Å². The highest BCUT2D eigenvalue weighted by atomic mass is 19.4. The van der Waals surface area contributed by atoms with E-state index in [0.717, 1.165) is 30.1 Å². The summed E-state index contributed by atoms with van der Waals surface area (Å²) >= 11 is 0. The summed E-state index contributed by atoms with van der Waals surface area (Å²) in [5.41, 5.74) is 0.00588. The zero-order valence-corrected chi connectivity index (χ0v) is 17.1. The van der Waals surface area contributed by atoms with Gasteiger partial charge < -0.3 is 15.0 Å². The van der Waals surface area contributed by atoms with E-state index >= 15 is 0 Å². The number of hydrogen-bond donors (Lipinski definition) is 1. The molecule has 1 amide bonds. The predicted molar refractivity (Wildman–Crippen MR) is 102 cm³/mol. The van der Waals surface area contributed by atoms with E-state index in [-0.39, 0.29) is 42.2 Å². The lowest BCUT2D eigenvalue weighted by molar-refractivity contribution is -0.175. The zero-order valence-electron chi connectivity index (χ0n) is 17.1. The highest BCUT2D eigenvalue weighted by Crippen LogP contribution is 2.44. The molecule has 1 N–H and O–H groups in total. The molecule has 7 nitrogen and oxygen atoms in total. The first-order valence-electron chi connectivity index (χ1n) is 10.6.